The van der Waals surface area contributed by atoms with Crippen molar-refractivity contribution in [2.24, 2.45) is 7.05 Å². The SMILES string of the molecule is CCOC(=O)c1cnc2c(nc(C)n2C)c1NCS(=O)(=O)c1ccc(F)cc1. The smallest absolute Gasteiger partial charge is 0.341 e. The molecule has 0 aliphatic carbocycles. The van der Waals surface area contributed by atoms with E-state index in [1.54, 1.807) is 25.5 Å². The van der Waals surface area contributed by atoms with Gasteiger partial charge in [-0.3, -0.25) is 0 Å². The van der Waals surface area contributed by atoms with E-state index in [-0.39, 0.29) is 22.8 Å². The van der Waals surface area contributed by atoms with Gasteiger partial charge in [0.15, 0.2) is 15.5 Å². The quantitative estimate of drug-likeness (QED) is 0.495. The fourth-order valence-corrected chi connectivity index (χ4v) is 3.72. The van der Waals surface area contributed by atoms with E-state index in [1.165, 1.54) is 18.3 Å². The first-order valence-corrected chi connectivity index (χ1v) is 10.1. The molecule has 2 aromatic heterocycles. The number of fused-ring (bicyclic) bond motifs is 1. The van der Waals surface area contributed by atoms with E-state index in [0.29, 0.717) is 17.0 Å². The molecule has 0 fully saturated rings. The monoisotopic (exact) mass is 406 g/mol. The number of nitrogens with zero attached hydrogens (tertiary/aromatic N) is 3. The standard InChI is InChI=1S/C18H19FN4O4S/c1-4-27-18(24)14-9-20-17-16(22-11(2)23(17)3)15(14)21-10-28(25,26)13-7-5-12(19)6-8-13/h5-9H,4,10H2,1-3H3,(H,20,21). The summed E-state index contributed by atoms with van der Waals surface area (Å²) in [4.78, 5) is 20.9. The number of pyridine rings is 1. The first-order chi connectivity index (χ1) is 13.2. The molecule has 0 amide bonds. The van der Waals surface area contributed by atoms with Crippen LogP contribution in [0, 0.1) is 12.7 Å². The molecule has 0 aliphatic heterocycles. The average Bonchev–Trinajstić information content (AvgIpc) is 2.95. The molecule has 0 unspecified atom stereocenters. The summed E-state index contributed by atoms with van der Waals surface area (Å²) in [6.07, 6.45) is 1.33. The van der Waals surface area contributed by atoms with Crippen molar-refractivity contribution in [3.05, 3.63) is 47.7 Å². The third-order valence-electron chi connectivity index (χ3n) is 4.22. The van der Waals surface area contributed by atoms with Crippen molar-refractivity contribution in [2.45, 2.75) is 18.7 Å². The van der Waals surface area contributed by atoms with Crippen molar-refractivity contribution in [1.82, 2.24) is 14.5 Å². The lowest BCUT2D eigenvalue weighted by Gasteiger charge is -2.12. The second kappa shape index (κ2) is 7.55. The molecule has 0 aliphatic rings. The van der Waals surface area contributed by atoms with Crippen LogP contribution in [0.5, 0.6) is 0 Å². The number of sulfone groups is 1. The zero-order valence-electron chi connectivity index (χ0n) is 15.6. The molecule has 2 heterocycles. The summed E-state index contributed by atoms with van der Waals surface area (Å²) in [7, 11) is -2.02. The lowest BCUT2D eigenvalue weighted by Crippen LogP contribution is -2.18. The Bertz CT molecular complexity index is 1140. The highest BCUT2D eigenvalue weighted by Crippen LogP contribution is 2.27. The predicted molar refractivity (Wildman–Crippen MR) is 101 cm³/mol. The van der Waals surface area contributed by atoms with Gasteiger partial charge < -0.3 is 14.6 Å². The molecule has 0 atom stereocenters. The van der Waals surface area contributed by atoms with Crippen LogP contribution in [0.2, 0.25) is 0 Å². The number of benzene rings is 1. The second-order valence-corrected chi connectivity index (χ2v) is 8.04. The van der Waals surface area contributed by atoms with E-state index in [9.17, 15) is 17.6 Å². The highest BCUT2D eigenvalue weighted by molar-refractivity contribution is 7.91. The minimum atomic E-state index is -3.79. The van der Waals surface area contributed by atoms with Gasteiger partial charge in [0.2, 0.25) is 0 Å². The largest absolute Gasteiger partial charge is 0.462 e. The summed E-state index contributed by atoms with van der Waals surface area (Å²) in [5.74, 6) is -1.04. The zero-order valence-corrected chi connectivity index (χ0v) is 16.4. The van der Waals surface area contributed by atoms with Crippen molar-refractivity contribution in [3.63, 3.8) is 0 Å². The van der Waals surface area contributed by atoms with E-state index < -0.39 is 27.5 Å². The lowest BCUT2D eigenvalue weighted by molar-refractivity contribution is 0.0527. The van der Waals surface area contributed by atoms with Crippen LogP contribution in [0.4, 0.5) is 10.1 Å². The van der Waals surface area contributed by atoms with Crippen LogP contribution in [-0.2, 0) is 21.6 Å². The van der Waals surface area contributed by atoms with Crippen LogP contribution in [0.25, 0.3) is 11.2 Å². The van der Waals surface area contributed by atoms with Crippen molar-refractivity contribution < 1.29 is 22.3 Å². The molecule has 148 valence electrons. The minimum absolute atomic E-state index is 0.0402. The molecule has 10 heteroatoms. The molecule has 0 radical (unpaired) electrons. The van der Waals surface area contributed by atoms with E-state index in [2.05, 4.69) is 15.3 Å². The summed E-state index contributed by atoms with van der Waals surface area (Å²) >= 11 is 0. The number of anilines is 1. The Morgan fingerprint density at radius 3 is 2.61 bits per heavy atom. The Morgan fingerprint density at radius 1 is 1.29 bits per heavy atom. The molecule has 1 N–H and O–H groups in total. The van der Waals surface area contributed by atoms with E-state index in [4.69, 9.17) is 4.74 Å². The Balaban J connectivity index is 2.02. The maximum Gasteiger partial charge on any atom is 0.341 e. The molecular formula is C18H19FN4O4S. The van der Waals surface area contributed by atoms with Gasteiger partial charge in [0.25, 0.3) is 0 Å². The number of ether oxygens (including phenoxy) is 1. The van der Waals surface area contributed by atoms with Crippen molar-refractivity contribution in [2.75, 3.05) is 17.8 Å². The fraction of sp³-hybridized carbons (Fsp3) is 0.278. The molecule has 28 heavy (non-hydrogen) atoms. The van der Waals surface area contributed by atoms with Crippen LogP contribution < -0.4 is 5.32 Å². The maximum absolute atomic E-state index is 13.1. The summed E-state index contributed by atoms with van der Waals surface area (Å²) in [6.45, 7) is 3.59. The molecule has 0 bridgehead atoms. The Kier molecular flexibility index (Phi) is 5.32. The first-order valence-electron chi connectivity index (χ1n) is 8.46. The normalized spacial score (nSPS) is 11.6. The summed E-state index contributed by atoms with van der Waals surface area (Å²) in [5, 5.41) is 2.79. The summed E-state index contributed by atoms with van der Waals surface area (Å²) in [5.41, 5.74) is 1.16. The Labute approximate surface area is 161 Å². The van der Waals surface area contributed by atoms with Gasteiger partial charge in [0, 0.05) is 13.2 Å². The number of carbonyl (C=O) groups excluding carboxylic acids is 1. The van der Waals surface area contributed by atoms with Gasteiger partial charge in [-0.1, -0.05) is 0 Å². The van der Waals surface area contributed by atoms with Gasteiger partial charge in [-0.25, -0.2) is 27.6 Å². The van der Waals surface area contributed by atoms with Gasteiger partial charge in [-0.15, -0.1) is 0 Å². The maximum atomic E-state index is 13.1. The number of imidazole rings is 1. The minimum Gasteiger partial charge on any atom is -0.462 e. The second-order valence-electron chi connectivity index (χ2n) is 6.05. The van der Waals surface area contributed by atoms with Gasteiger partial charge in [-0.2, -0.15) is 0 Å². The van der Waals surface area contributed by atoms with E-state index in [0.717, 1.165) is 12.1 Å². The number of esters is 1. The zero-order chi connectivity index (χ0) is 20.5. The summed E-state index contributed by atoms with van der Waals surface area (Å²) in [6, 6.07) is 4.52. The van der Waals surface area contributed by atoms with Gasteiger partial charge in [0.05, 0.1) is 17.2 Å². The Hall–Kier alpha value is -3.01. The number of hydrogen-bond donors (Lipinski definition) is 1. The topological polar surface area (TPSA) is 103 Å². The Morgan fingerprint density at radius 2 is 1.96 bits per heavy atom. The van der Waals surface area contributed by atoms with Crippen LogP contribution in [0.1, 0.15) is 23.1 Å². The predicted octanol–water partition coefficient (Wildman–Crippen LogP) is 2.44. The van der Waals surface area contributed by atoms with Crippen LogP contribution in [-0.4, -0.2) is 41.4 Å². The van der Waals surface area contributed by atoms with Gasteiger partial charge in [0.1, 0.15) is 28.6 Å². The van der Waals surface area contributed by atoms with E-state index in [1.807, 2.05) is 0 Å². The lowest BCUT2D eigenvalue weighted by atomic mass is 10.2. The summed E-state index contributed by atoms with van der Waals surface area (Å²) < 4.78 is 45.0. The third-order valence-corrected chi connectivity index (χ3v) is 5.73. The van der Waals surface area contributed by atoms with Crippen molar-refractivity contribution in [3.8, 4) is 0 Å². The first kappa shape index (κ1) is 19.7. The molecular weight excluding hydrogens is 387 g/mol. The number of rotatable bonds is 6. The number of halogens is 1. The highest BCUT2D eigenvalue weighted by Gasteiger charge is 2.22. The third kappa shape index (κ3) is 3.68. The molecule has 3 rings (SSSR count). The number of nitrogens with one attached hydrogen (secondary N) is 1. The number of aromatic nitrogens is 3. The molecule has 8 nitrogen and oxygen atoms in total. The molecule has 0 saturated heterocycles. The highest BCUT2D eigenvalue weighted by atomic mass is 32.2. The van der Waals surface area contributed by atoms with Crippen LogP contribution in [0.3, 0.4) is 0 Å². The number of carbonyl (C=O) groups is 1. The number of hydrogen-bond acceptors (Lipinski definition) is 7. The van der Waals surface area contributed by atoms with E-state index >= 15 is 0 Å². The van der Waals surface area contributed by atoms with Crippen LogP contribution in [0.15, 0.2) is 35.4 Å². The molecule has 0 spiro atoms. The average molecular weight is 406 g/mol. The molecule has 0 saturated carbocycles. The molecule has 3 aromatic rings. The molecule has 1 aromatic carbocycles. The van der Waals surface area contributed by atoms with Gasteiger partial charge >= 0.3 is 5.97 Å². The van der Waals surface area contributed by atoms with Gasteiger partial charge in [-0.05, 0) is 38.1 Å². The van der Waals surface area contributed by atoms with Crippen LogP contribution >= 0.6 is 0 Å². The van der Waals surface area contributed by atoms with Crippen molar-refractivity contribution >= 4 is 32.7 Å². The van der Waals surface area contributed by atoms with Crippen molar-refractivity contribution in [1.29, 1.82) is 0 Å². The number of aryl methyl sites for hydroxylation is 2. The fourth-order valence-electron chi connectivity index (χ4n) is 2.67.